The number of ether oxygens (including phenoxy) is 1. The largest absolute Gasteiger partial charge is 0.452 e. The number of thiophene rings is 1. The van der Waals surface area contributed by atoms with Gasteiger partial charge in [-0.2, -0.15) is 11.3 Å². The normalized spacial score (nSPS) is 11.7. The molecule has 2 aromatic rings. The van der Waals surface area contributed by atoms with Crippen molar-refractivity contribution in [2.45, 2.75) is 19.4 Å². The fourth-order valence-electron chi connectivity index (χ4n) is 1.63. The Bertz CT molecular complexity index is 610. The SMILES string of the molecule is C[C@H](OC(=O)Cc1ccsc1)C(=O)Nc1ccc(Cl)cc1. The van der Waals surface area contributed by atoms with Crippen LogP contribution in [0.2, 0.25) is 5.02 Å². The Kier molecular flexibility index (Phi) is 5.36. The van der Waals surface area contributed by atoms with E-state index in [2.05, 4.69) is 5.32 Å². The summed E-state index contributed by atoms with van der Waals surface area (Å²) in [4.78, 5) is 23.6. The summed E-state index contributed by atoms with van der Waals surface area (Å²) in [5.74, 6) is -0.803. The second-order valence-corrected chi connectivity index (χ2v) is 5.65. The van der Waals surface area contributed by atoms with Crippen LogP contribution in [-0.2, 0) is 20.7 Å². The van der Waals surface area contributed by atoms with E-state index in [1.165, 1.54) is 18.3 Å². The van der Waals surface area contributed by atoms with Gasteiger partial charge >= 0.3 is 5.97 Å². The molecule has 1 amide bonds. The first-order valence-electron chi connectivity index (χ1n) is 6.31. The molecule has 21 heavy (non-hydrogen) atoms. The zero-order valence-corrected chi connectivity index (χ0v) is 12.9. The molecule has 2 rings (SSSR count). The first-order chi connectivity index (χ1) is 10.0. The van der Waals surface area contributed by atoms with Gasteiger partial charge in [-0.3, -0.25) is 9.59 Å². The van der Waals surface area contributed by atoms with Gasteiger partial charge in [-0.1, -0.05) is 11.6 Å². The number of benzene rings is 1. The van der Waals surface area contributed by atoms with Crippen molar-refractivity contribution in [1.82, 2.24) is 0 Å². The second kappa shape index (κ2) is 7.24. The van der Waals surface area contributed by atoms with Crippen LogP contribution in [0.1, 0.15) is 12.5 Å². The van der Waals surface area contributed by atoms with Crippen molar-refractivity contribution < 1.29 is 14.3 Å². The number of halogens is 1. The lowest BCUT2D eigenvalue weighted by Crippen LogP contribution is -2.30. The Balaban J connectivity index is 1.84. The monoisotopic (exact) mass is 323 g/mol. The summed E-state index contributed by atoms with van der Waals surface area (Å²) in [6.45, 7) is 1.54. The molecule has 1 N–H and O–H groups in total. The fourth-order valence-corrected chi connectivity index (χ4v) is 2.42. The summed E-state index contributed by atoms with van der Waals surface area (Å²) in [5, 5.41) is 7.01. The Labute approximate surface area is 131 Å². The molecule has 0 aliphatic rings. The van der Waals surface area contributed by atoms with Gasteiger partial charge in [0.2, 0.25) is 0 Å². The Hall–Kier alpha value is -1.85. The molecule has 0 spiro atoms. The summed E-state index contributed by atoms with van der Waals surface area (Å²) < 4.78 is 5.11. The average molecular weight is 324 g/mol. The van der Waals surface area contributed by atoms with Crippen molar-refractivity contribution in [3.8, 4) is 0 Å². The van der Waals surface area contributed by atoms with Gasteiger partial charge in [-0.05, 0) is 53.6 Å². The summed E-state index contributed by atoms with van der Waals surface area (Å²) in [6, 6.07) is 8.56. The Morgan fingerprint density at radius 3 is 2.62 bits per heavy atom. The van der Waals surface area contributed by atoms with Crippen LogP contribution in [0.25, 0.3) is 0 Å². The first kappa shape index (κ1) is 15.5. The zero-order chi connectivity index (χ0) is 15.2. The van der Waals surface area contributed by atoms with E-state index in [4.69, 9.17) is 16.3 Å². The number of amides is 1. The molecule has 4 nitrogen and oxygen atoms in total. The minimum absolute atomic E-state index is 0.169. The maximum absolute atomic E-state index is 11.9. The van der Waals surface area contributed by atoms with Crippen LogP contribution in [0.4, 0.5) is 5.69 Å². The summed E-state index contributed by atoms with van der Waals surface area (Å²) >= 11 is 7.28. The maximum atomic E-state index is 11.9. The summed E-state index contributed by atoms with van der Waals surface area (Å²) in [5.41, 5.74) is 1.49. The lowest BCUT2D eigenvalue weighted by Gasteiger charge is -2.13. The number of rotatable bonds is 5. The molecule has 0 bridgehead atoms. The number of esters is 1. The molecule has 0 radical (unpaired) electrons. The fraction of sp³-hybridized carbons (Fsp3) is 0.200. The van der Waals surface area contributed by atoms with E-state index in [9.17, 15) is 9.59 Å². The van der Waals surface area contributed by atoms with E-state index in [1.807, 2.05) is 16.8 Å². The smallest absolute Gasteiger partial charge is 0.311 e. The van der Waals surface area contributed by atoms with Crippen molar-refractivity contribution in [1.29, 1.82) is 0 Å². The lowest BCUT2D eigenvalue weighted by molar-refractivity contribution is -0.152. The van der Waals surface area contributed by atoms with Gasteiger partial charge in [0.25, 0.3) is 5.91 Å². The summed E-state index contributed by atoms with van der Waals surface area (Å²) in [7, 11) is 0. The Morgan fingerprint density at radius 2 is 2.00 bits per heavy atom. The standard InChI is InChI=1S/C15H14ClNO3S/c1-10(20-14(18)8-11-6-7-21-9-11)15(19)17-13-4-2-12(16)3-5-13/h2-7,9-10H,8H2,1H3,(H,17,19)/t10-/m0/s1. The van der Waals surface area contributed by atoms with Crippen molar-refractivity contribution in [2.75, 3.05) is 5.32 Å². The van der Waals surface area contributed by atoms with E-state index < -0.39 is 12.1 Å². The van der Waals surface area contributed by atoms with Crippen molar-refractivity contribution in [2.24, 2.45) is 0 Å². The highest BCUT2D eigenvalue weighted by molar-refractivity contribution is 7.07. The lowest BCUT2D eigenvalue weighted by atomic mass is 10.2. The highest BCUT2D eigenvalue weighted by atomic mass is 35.5. The Morgan fingerprint density at radius 1 is 1.29 bits per heavy atom. The van der Waals surface area contributed by atoms with Gasteiger partial charge in [0, 0.05) is 10.7 Å². The van der Waals surface area contributed by atoms with Crippen LogP contribution >= 0.6 is 22.9 Å². The molecule has 0 aliphatic heterocycles. The molecule has 1 aromatic carbocycles. The van der Waals surface area contributed by atoms with Crippen LogP contribution < -0.4 is 5.32 Å². The molecule has 0 saturated carbocycles. The van der Waals surface area contributed by atoms with Crippen molar-refractivity contribution >= 4 is 40.5 Å². The van der Waals surface area contributed by atoms with Gasteiger partial charge < -0.3 is 10.1 Å². The minimum atomic E-state index is -0.855. The van der Waals surface area contributed by atoms with E-state index in [1.54, 1.807) is 24.3 Å². The van der Waals surface area contributed by atoms with Gasteiger partial charge in [-0.25, -0.2) is 0 Å². The molecule has 0 aliphatic carbocycles. The van der Waals surface area contributed by atoms with Crippen LogP contribution in [0, 0.1) is 0 Å². The van der Waals surface area contributed by atoms with Crippen LogP contribution in [0.5, 0.6) is 0 Å². The highest BCUT2D eigenvalue weighted by Gasteiger charge is 2.18. The molecule has 1 atom stereocenters. The third kappa shape index (κ3) is 4.88. The molecule has 0 saturated heterocycles. The topological polar surface area (TPSA) is 55.4 Å². The van der Waals surface area contributed by atoms with E-state index in [0.29, 0.717) is 10.7 Å². The molecular weight excluding hydrogens is 310 g/mol. The number of carbonyl (C=O) groups excluding carboxylic acids is 2. The summed E-state index contributed by atoms with van der Waals surface area (Å²) in [6.07, 6.45) is -0.686. The average Bonchev–Trinajstić information content (AvgIpc) is 2.94. The van der Waals surface area contributed by atoms with Crippen molar-refractivity contribution in [3.05, 3.63) is 51.7 Å². The molecule has 0 fully saturated rings. The van der Waals surface area contributed by atoms with Crippen LogP contribution in [0.15, 0.2) is 41.1 Å². The number of nitrogens with one attached hydrogen (secondary N) is 1. The number of hydrogen-bond acceptors (Lipinski definition) is 4. The number of anilines is 1. The highest BCUT2D eigenvalue weighted by Crippen LogP contribution is 2.14. The third-order valence-electron chi connectivity index (χ3n) is 2.72. The molecular formula is C15H14ClNO3S. The van der Waals surface area contributed by atoms with E-state index in [-0.39, 0.29) is 12.3 Å². The van der Waals surface area contributed by atoms with E-state index >= 15 is 0 Å². The number of hydrogen-bond donors (Lipinski definition) is 1. The van der Waals surface area contributed by atoms with Gasteiger partial charge in [0.05, 0.1) is 6.42 Å². The van der Waals surface area contributed by atoms with Crippen molar-refractivity contribution in [3.63, 3.8) is 0 Å². The van der Waals surface area contributed by atoms with Gasteiger partial charge in [-0.15, -0.1) is 0 Å². The third-order valence-corrected chi connectivity index (χ3v) is 3.70. The van der Waals surface area contributed by atoms with Crippen LogP contribution in [-0.4, -0.2) is 18.0 Å². The minimum Gasteiger partial charge on any atom is -0.452 e. The maximum Gasteiger partial charge on any atom is 0.311 e. The first-order valence-corrected chi connectivity index (χ1v) is 7.63. The van der Waals surface area contributed by atoms with Crippen LogP contribution in [0.3, 0.4) is 0 Å². The molecule has 1 aromatic heterocycles. The predicted octanol–water partition coefficient (Wildman–Crippen LogP) is 3.51. The molecule has 6 heteroatoms. The second-order valence-electron chi connectivity index (χ2n) is 4.44. The van der Waals surface area contributed by atoms with Gasteiger partial charge in [0.1, 0.15) is 0 Å². The quantitative estimate of drug-likeness (QED) is 0.857. The number of carbonyl (C=O) groups is 2. The predicted molar refractivity (Wildman–Crippen MR) is 83.7 cm³/mol. The van der Waals surface area contributed by atoms with Gasteiger partial charge in [0.15, 0.2) is 6.10 Å². The molecule has 1 heterocycles. The van der Waals surface area contributed by atoms with E-state index in [0.717, 1.165) is 5.56 Å². The zero-order valence-electron chi connectivity index (χ0n) is 11.3. The molecule has 0 unspecified atom stereocenters. The molecule has 110 valence electrons.